The summed E-state index contributed by atoms with van der Waals surface area (Å²) >= 11 is 0. The molecule has 0 bridgehead atoms. The van der Waals surface area contributed by atoms with Gasteiger partial charge in [-0.25, -0.2) is 9.37 Å². The Bertz CT molecular complexity index is 734. The van der Waals surface area contributed by atoms with Crippen molar-refractivity contribution in [2.45, 2.75) is 12.5 Å². The molecule has 2 N–H and O–H groups in total. The minimum absolute atomic E-state index is 0.264. The molecule has 4 heteroatoms. The molecule has 1 aromatic heterocycles. The predicted octanol–water partition coefficient (Wildman–Crippen LogP) is 3.47. The normalized spacial score (nSPS) is 13.9. The molecular formula is C17H15FN2O. The Morgan fingerprint density at radius 2 is 1.86 bits per heavy atom. The van der Waals surface area contributed by atoms with Crippen molar-refractivity contribution in [3.63, 3.8) is 0 Å². The Balaban J connectivity index is 2.02. The summed E-state index contributed by atoms with van der Waals surface area (Å²) in [6, 6.07) is 13.9. The van der Waals surface area contributed by atoms with E-state index in [2.05, 4.69) is 9.97 Å². The fourth-order valence-electron chi connectivity index (χ4n) is 2.32. The first-order valence-corrected chi connectivity index (χ1v) is 6.65. The van der Waals surface area contributed by atoms with Gasteiger partial charge in [0.05, 0.1) is 18.2 Å². The Hall–Kier alpha value is -2.46. The molecule has 3 aromatic rings. The van der Waals surface area contributed by atoms with Crippen LogP contribution in [-0.4, -0.2) is 15.1 Å². The van der Waals surface area contributed by atoms with Crippen molar-refractivity contribution in [1.29, 1.82) is 0 Å². The van der Waals surface area contributed by atoms with Crippen LogP contribution in [0.1, 0.15) is 18.2 Å². The number of H-pyrrole nitrogens is 1. The third-order valence-corrected chi connectivity index (χ3v) is 3.62. The number of halogens is 1. The van der Waals surface area contributed by atoms with Gasteiger partial charge >= 0.3 is 0 Å². The Morgan fingerprint density at radius 1 is 1.10 bits per heavy atom. The lowest BCUT2D eigenvalue weighted by molar-refractivity contribution is 0.0979. The van der Waals surface area contributed by atoms with Gasteiger partial charge in [-0.2, -0.15) is 0 Å². The van der Waals surface area contributed by atoms with Crippen molar-refractivity contribution in [1.82, 2.24) is 9.97 Å². The molecule has 0 saturated carbocycles. The van der Waals surface area contributed by atoms with E-state index in [0.29, 0.717) is 5.69 Å². The second kappa shape index (κ2) is 5.14. The van der Waals surface area contributed by atoms with Crippen molar-refractivity contribution >= 4 is 0 Å². The zero-order valence-corrected chi connectivity index (χ0v) is 11.5. The van der Waals surface area contributed by atoms with E-state index >= 15 is 0 Å². The summed E-state index contributed by atoms with van der Waals surface area (Å²) in [6.07, 6.45) is 3.14. The molecule has 0 aliphatic rings. The van der Waals surface area contributed by atoms with E-state index in [1.165, 1.54) is 18.5 Å². The minimum atomic E-state index is -1.16. The molecule has 0 aliphatic carbocycles. The fourth-order valence-corrected chi connectivity index (χ4v) is 2.32. The summed E-state index contributed by atoms with van der Waals surface area (Å²) in [5.41, 5.74) is 2.03. The minimum Gasteiger partial charge on any atom is -0.379 e. The fraction of sp³-hybridized carbons (Fsp3) is 0.118. The number of hydrogen-bond donors (Lipinski definition) is 2. The zero-order chi connectivity index (χ0) is 14.9. The summed E-state index contributed by atoms with van der Waals surface area (Å²) in [6.45, 7) is 1.71. The van der Waals surface area contributed by atoms with Crippen LogP contribution in [0.15, 0.2) is 61.1 Å². The number of nitrogens with zero attached hydrogens (tertiary/aromatic N) is 1. The Morgan fingerprint density at radius 3 is 2.52 bits per heavy atom. The molecule has 1 atom stereocenters. The van der Waals surface area contributed by atoms with Crippen LogP contribution in [-0.2, 0) is 5.60 Å². The van der Waals surface area contributed by atoms with Gasteiger partial charge in [0.1, 0.15) is 11.4 Å². The highest BCUT2D eigenvalue weighted by Gasteiger charge is 2.27. The zero-order valence-electron chi connectivity index (χ0n) is 11.5. The van der Waals surface area contributed by atoms with Crippen LogP contribution in [0.3, 0.4) is 0 Å². The SMILES string of the molecule is CC(O)(c1cccc(-c2ccc(F)cc2)c1)c1cnc[nH]1. The number of imidazole rings is 1. The quantitative estimate of drug-likeness (QED) is 0.772. The Kier molecular flexibility index (Phi) is 3.31. The topological polar surface area (TPSA) is 48.9 Å². The summed E-state index contributed by atoms with van der Waals surface area (Å²) < 4.78 is 13.0. The van der Waals surface area contributed by atoms with Gasteiger partial charge in [-0.3, -0.25) is 0 Å². The number of nitrogens with one attached hydrogen (secondary N) is 1. The van der Waals surface area contributed by atoms with Crippen molar-refractivity contribution in [2.24, 2.45) is 0 Å². The number of benzene rings is 2. The van der Waals surface area contributed by atoms with Crippen LogP contribution in [0.2, 0.25) is 0 Å². The highest BCUT2D eigenvalue weighted by molar-refractivity contribution is 5.64. The van der Waals surface area contributed by atoms with Gasteiger partial charge in [-0.1, -0.05) is 30.3 Å². The third-order valence-electron chi connectivity index (χ3n) is 3.62. The third kappa shape index (κ3) is 2.58. The maximum absolute atomic E-state index is 13.0. The van der Waals surface area contributed by atoms with Gasteiger partial charge in [0.15, 0.2) is 0 Å². The average Bonchev–Trinajstić information content (AvgIpc) is 3.03. The second-order valence-corrected chi connectivity index (χ2v) is 5.13. The maximum Gasteiger partial charge on any atom is 0.128 e. The number of aromatic amines is 1. The van der Waals surface area contributed by atoms with Crippen LogP contribution in [0, 0.1) is 5.82 Å². The van der Waals surface area contributed by atoms with Crippen molar-refractivity contribution in [3.05, 3.63) is 78.1 Å². The largest absolute Gasteiger partial charge is 0.379 e. The lowest BCUT2D eigenvalue weighted by Crippen LogP contribution is -2.23. The second-order valence-electron chi connectivity index (χ2n) is 5.13. The van der Waals surface area contributed by atoms with Gasteiger partial charge in [0.2, 0.25) is 0 Å². The van der Waals surface area contributed by atoms with E-state index in [1.807, 2.05) is 24.3 Å². The molecule has 3 rings (SSSR count). The molecule has 0 amide bonds. The molecule has 0 spiro atoms. The number of hydrogen-bond acceptors (Lipinski definition) is 2. The molecule has 21 heavy (non-hydrogen) atoms. The van der Waals surface area contributed by atoms with Gasteiger partial charge in [-0.05, 0) is 41.8 Å². The van der Waals surface area contributed by atoms with Gasteiger partial charge in [0, 0.05) is 0 Å². The molecule has 106 valence electrons. The van der Waals surface area contributed by atoms with Crippen LogP contribution < -0.4 is 0 Å². The molecule has 1 unspecified atom stereocenters. The first-order chi connectivity index (χ1) is 10.1. The van der Waals surface area contributed by atoms with Crippen molar-refractivity contribution in [2.75, 3.05) is 0 Å². The van der Waals surface area contributed by atoms with E-state index in [0.717, 1.165) is 16.7 Å². The number of aromatic nitrogens is 2. The summed E-state index contributed by atoms with van der Waals surface area (Å²) in [5.74, 6) is -0.264. The highest BCUT2D eigenvalue weighted by Crippen LogP contribution is 2.30. The van der Waals surface area contributed by atoms with Gasteiger partial charge in [0.25, 0.3) is 0 Å². The lowest BCUT2D eigenvalue weighted by atomic mass is 9.90. The smallest absolute Gasteiger partial charge is 0.128 e. The predicted molar refractivity (Wildman–Crippen MR) is 79.1 cm³/mol. The molecule has 3 nitrogen and oxygen atoms in total. The molecular weight excluding hydrogens is 267 g/mol. The first kappa shape index (κ1) is 13.5. The van der Waals surface area contributed by atoms with Crippen LogP contribution in [0.5, 0.6) is 0 Å². The molecule has 0 fully saturated rings. The highest BCUT2D eigenvalue weighted by atomic mass is 19.1. The number of aliphatic hydroxyl groups is 1. The van der Waals surface area contributed by atoms with Crippen LogP contribution in [0.4, 0.5) is 4.39 Å². The maximum atomic E-state index is 13.0. The Labute approximate surface area is 122 Å². The lowest BCUT2D eigenvalue weighted by Gasteiger charge is -2.23. The molecule has 1 heterocycles. The molecule has 2 aromatic carbocycles. The van der Waals surface area contributed by atoms with Crippen molar-refractivity contribution < 1.29 is 9.50 Å². The van der Waals surface area contributed by atoms with E-state index in [4.69, 9.17) is 0 Å². The first-order valence-electron chi connectivity index (χ1n) is 6.65. The average molecular weight is 282 g/mol. The van der Waals surface area contributed by atoms with Crippen LogP contribution in [0.25, 0.3) is 11.1 Å². The monoisotopic (exact) mass is 282 g/mol. The number of rotatable bonds is 3. The van der Waals surface area contributed by atoms with Crippen molar-refractivity contribution in [3.8, 4) is 11.1 Å². The molecule has 0 aliphatic heterocycles. The van der Waals surface area contributed by atoms with Gasteiger partial charge < -0.3 is 10.1 Å². The molecule has 0 radical (unpaired) electrons. The van der Waals surface area contributed by atoms with E-state index < -0.39 is 5.60 Å². The van der Waals surface area contributed by atoms with E-state index in [9.17, 15) is 9.50 Å². The standard InChI is InChI=1S/C17H15FN2O/c1-17(21,16-10-19-11-20-16)14-4-2-3-13(9-14)12-5-7-15(18)8-6-12/h2-11,21H,1H3,(H,19,20). The summed E-state index contributed by atoms with van der Waals surface area (Å²) in [5, 5.41) is 10.7. The van der Waals surface area contributed by atoms with Crippen LogP contribution >= 0.6 is 0 Å². The molecule has 0 saturated heterocycles. The summed E-state index contributed by atoms with van der Waals surface area (Å²) in [7, 11) is 0. The van der Waals surface area contributed by atoms with Gasteiger partial charge in [-0.15, -0.1) is 0 Å². The van der Waals surface area contributed by atoms with E-state index in [1.54, 1.807) is 25.3 Å². The van der Waals surface area contributed by atoms with E-state index in [-0.39, 0.29) is 5.82 Å². The summed E-state index contributed by atoms with van der Waals surface area (Å²) in [4.78, 5) is 6.88.